The van der Waals surface area contributed by atoms with Crippen molar-refractivity contribution in [1.29, 1.82) is 0 Å². The number of amides is 3. The van der Waals surface area contributed by atoms with Gasteiger partial charge in [-0.2, -0.15) is 0 Å². The summed E-state index contributed by atoms with van der Waals surface area (Å²) in [5.41, 5.74) is 0. The van der Waals surface area contributed by atoms with Crippen LogP contribution in [0.15, 0.2) is 17.5 Å². The number of hydrogen-bond acceptors (Lipinski definition) is 5. The lowest BCUT2D eigenvalue weighted by atomic mass is 10.0. The van der Waals surface area contributed by atoms with Crippen LogP contribution in [0.4, 0.5) is 0 Å². The van der Waals surface area contributed by atoms with E-state index in [1.165, 1.54) is 0 Å². The van der Waals surface area contributed by atoms with E-state index in [-0.39, 0.29) is 29.8 Å². The van der Waals surface area contributed by atoms with E-state index in [1.807, 2.05) is 24.4 Å². The van der Waals surface area contributed by atoms with E-state index in [2.05, 4.69) is 15.5 Å². The van der Waals surface area contributed by atoms with E-state index in [0.29, 0.717) is 26.1 Å². The summed E-state index contributed by atoms with van der Waals surface area (Å²) in [5, 5.41) is 8.03. The van der Waals surface area contributed by atoms with Gasteiger partial charge in [-0.05, 0) is 43.6 Å². The Bertz CT molecular complexity index is 686. The Kier molecular flexibility index (Phi) is 8.06. The van der Waals surface area contributed by atoms with Crippen molar-refractivity contribution in [3.8, 4) is 0 Å². The van der Waals surface area contributed by atoms with Gasteiger partial charge in [0.05, 0.1) is 13.0 Å². The Hall–Kier alpha value is -1.93. The van der Waals surface area contributed by atoms with Crippen LogP contribution in [0.25, 0.3) is 0 Å². The molecule has 1 atom stereocenters. The molecule has 2 saturated heterocycles. The highest BCUT2D eigenvalue weighted by atomic mass is 32.1. The highest BCUT2D eigenvalue weighted by Crippen LogP contribution is 2.21. The molecule has 8 heteroatoms. The Morgan fingerprint density at radius 1 is 1.17 bits per heavy atom. The van der Waals surface area contributed by atoms with E-state index in [0.717, 1.165) is 50.1 Å². The number of nitrogens with one attached hydrogen (secondary N) is 2. The molecule has 160 valence electrons. The molecule has 0 aromatic carbocycles. The first kappa shape index (κ1) is 21.8. The van der Waals surface area contributed by atoms with Crippen molar-refractivity contribution in [3.63, 3.8) is 0 Å². The molecule has 0 radical (unpaired) electrons. The molecule has 3 heterocycles. The molecule has 1 aromatic rings. The minimum atomic E-state index is -0.347. The topological polar surface area (TPSA) is 81.8 Å². The molecule has 1 unspecified atom stereocenters. The van der Waals surface area contributed by atoms with Gasteiger partial charge in [-0.15, -0.1) is 11.3 Å². The van der Waals surface area contributed by atoms with E-state index >= 15 is 0 Å². The fraction of sp³-hybridized carbons (Fsp3) is 0.667. The highest BCUT2D eigenvalue weighted by molar-refractivity contribution is 7.10. The Balaban J connectivity index is 1.43. The Labute approximate surface area is 176 Å². The van der Waals surface area contributed by atoms with Crippen molar-refractivity contribution >= 4 is 29.1 Å². The van der Waals surface area contributed by atoms with Gasteiger partial charge in [0.1, 0.15) is 6.04 Å². The Morgan fingerprint density at radius 2 is 1.97 bits per heavy atom. The predicted octanol–water partition coefficient (Wildman–Crippen LogP) is 1.39. The van der Waals surface area contributed by atoms with Crippen LogP contribution in [0.1, 0.15) is 43.9 Å². The van der Waals surface area contributed by atoms with Crippen LogP contribution in [0, 0.1) is 0 Å². The van der Waals surface area contributed by atoms with E-state index < -0.39 is 0 Å². The summed E-state index contributed by atoms with van der Waals surface area (Å²) in [6.45, 7) is 5.44. The maximum absolute atomic E-state index is 12.8. The number of rotatable bonds is 8. The highest BCUT2D eigenvalue weighted by Gasteiger charge is 2.35. The third-order valence-electron chi connectivity index (χ3n) is 5.65. The first-order valence-corrected chi connectivity index (χ1v) is 11.6. The standard InChI is InChI=1S/C21H32N4O3S/c1-2-9-22-19(26)15-24-11-7-16(8-12-24)23-21(28)18-6-3-10-25(18)20(27)14-17-5-4-13-29-17/h4-5,13,16,18H,2-3,6-12,14-15H2,1H3,(H,22,26)(H,23,28). The van der Waals surface area contributed by atoms with Gasteiger partial charge in [0.2, 0.25) is 17.7 Å². The van der Waals surface area contributed by atoms with Gasteiger partial charge in [0.25, 0.3) is 0 Å². The van der Waals surface area contributed by atoms with Crippen LogP contribution in [0.3, 0.4) is 0 Å². The van der Waals surface area contributed by atoms with Crippen molar-refractivity contribution in [3.05, 3.63) is 22.4 Å². The van der Waals surface area contributed by atoms with Crippen LogP contribution in [0.2, 0.25) is 0 Å². The summed E-state index contributed by atoms with van der Waals surface area (Å²) < 4.78 is 0. The van der Waals surface area contributed by atoms with Crippen molar-refractivity contribution in [2.45, 2.75) is 57.5 Å². The predicted molar refractivity (Wildman–Crippen MR) is 114 cm³/mol. The number of thiophene rings is 1. The molecule has 29 heavy (non-hydrogen) atoms. The third kappa shape index (κ3) is 6.27. The summed E-state index contributed by atoms with van der Waals surface area (Å²) in [6, 6.07) is 3.68. The van der Waals surface area contributed by atoms with Gasteiger partial charge >= 0.3 is 0 Å². The van der Waals surface area contributed by atoms with Crippen molar-refractivity contribution in [1.82, 2.24) is 20.4 Å². The van der Waals surface area contributed by atoms with Crippen LogP contribution in [-0.4, -0.2) is 72.3 Å². The van der Waals surface area contributed by atoms with E-state index in [4.69, 9.17) is 0 Å². The van der Waals surface area contributed by atoms with Gasteiger partial charge < -0.3 is 15.5 Å². The second kappa shape index (κ2) is 10.7. The van der Waals surface area contributed by atoms with Crippen molar-refractivity contribution in [2.75, 3.05) is 32.7 Å². The van der Waals surface area contributed by atoms with Gasteiger partial charge in [0.15, 0.2) is 0 Å². The van der Waals surface area contributed by atoms with Crippen molar-refractivity contribution < 1.29 is 14.4 Å². The van der Waals surface area contributed by atoms with Crippen LogP contribution in [0.5, 0.6) is 0 Å². The minimum absolute atomic E-state index is 0.0267. The molecule has 2 aliphatic rings. The first-order valence-electron chi connectivity index (χ1n) is 10.7. The smallest absolute Gasteiger partial charge is 0.243 e. The molecular weight excluding hydrogens is 388 g/mol. The maximum atomic E-state index is 12.8. The summed E-state index contributed by atoms with van der Waals surface area (Å²) >= 11 is 1.58. The van der Waals surface area contributed by atoms with Crippen molar-refractivity contribution in [2.24, 2.45) is 0 Å². The third-order valence-corrected chi connectivity index (χ3v) is 6.53. The monoisotopic (exact) mass is 420 g/mol. The summed E-state index contributed by atoms with van der Waals surface area (Å²) in [4.78, 5) is 42.3. The summed E-state index contributed by atoms with van der Waals surface area (Å²) in [5.74, 6) is 0.0827. The van der Waals surface area contributed by atoms with Crippen LogP contribution < -0.4 is 10.6 Å². The molecular formula is C21H32N4O3S. The lowest BCUT2D eigenvalue weighted by molar-refractivity contribution is -0.138. The molecule has 1 aromatic heterocycles. The number of hydrogen-bond donors (Lipinski definition) is 2. The number of carbonyl (C=O) groups excluding carboxylic acids is 3. The lowest BCUT2D eigenvalue weighted by Gasteiger charge is -2.33. The SMILES string of the molecule is CCCNC(=O)CN1CCC(NC(=O)C2CCCN2C(=O)Cc2cccs2)CC1. The zero-order chi connectivity index (χ0) is 20.6. The number of nitrogens with zero attached hydrogens (tertiary/aromatic N) is 2. The molecule has 7 nitrogen and oxygen atoms in total. The van der Waals surface area contributed by atoms with Gasteiger partial charge in [-0.3, -0.25) is 19.3 Å². The fourth-order valence-corrected chi connectivity index (χ4v) is 4.75. The second-order valence-electron chi connectivity index (χ2n) is 7.91. The van der Waals surface area contributed by atoms with Gasteiger partial charge in [-0.25, -0.2) is 0 Å². The van der Waals surface area contributed by atoms with Gasteiger partial charge in [-0.1, -0.05) is 13.0 Å². The number of piperidine rings is 1. The van der Waals surface area contributed by atoms with Crippen LogP contribution in [-0.2, 0) is 20.8 Å². The van der Waals surface area contributed by atoms with E-state index in [1.54, 1.807) is 16.2 Å². The molecule has 0 aliphatic carbocycles. The number of likely N-dealkylation sites (tertiary alicyclic amines) is 2. The molecule has 0 bridgehead atoms. The molecule has 2 fully saturated rings. The normalized spacial score (nSPS) is 20.6. The first-order chi connectivity index (χ1) is 14.1. The fourth-order valence-electron chi connectivity index (χ4n) is 4.06. The van der Waals surface area contributed by atoms with Gasteiger partial charge in [0, 0.05) is 37.1 Å². The zero-order valence-electron chi connectivity index (χ0n) is 17.2. The second-order valence-corrected chi connectivity index (χ2v) is 8.94. The molecule has 0 spiro atoms. The zero-order valence-corrected chi connectivity index (χ0v) is 18.0. The maximum Gasteiger partial charge on any atom is 0.243 e. The van der Waals surface area contributed by atoms with Crippen LogP contribution >= 0.6 is 11.3 Å². The summed E-state index contributed by atoms with van der Waals surface area (Å²) in [7, 11) is 0. The molecule has 2 N–H and O–H groups in total. The summed E-state index contributed by atoms with van der Waals surface area (Å²) in [6.07, 6.45) is 4.59. The van der Waals surface area contributed by atoms with E-state index in [9.17, 15) is 14.4 Å². The average molecular weight is 421 g/mol. The number of carbonyl (C=O) groups is 3. The molecule has 2 aliphatic heterocycles. The Morgan fingerprint density at radius 3 is 2.66 bits per heavy atom. The molecule has 3 rings (SSSR count). The lowest BCUT2D eigenvalue weighted by Crippen LogP contribution is -2.52. The average Bonchev–Trinajstić information content (AvgIpc) is 3.39. The molecule has 0 saturated carbocycles. The quantitative estimate of drug-likeness (QED) is 0.666. The minimum Gasteiger partial charge on any atom is -0.355 e. The molecule has 3 amide bonds. The largest absolute Gasteiger partial charge is 0.355 e.